The van der Waals surface area contributed by atoms with E-state index in [1.54, 1.807) is 4.90 Å². The van der Waals surface area contributed by atoms with Gasteiger partial charge in [0, 0.05) is 18.2 Å². The summed E-state index contributed by atoms with van der Waals surface area (Å²) in [6.45, 7) is 16.4. The fraction of sp³-hybridized carbons (Fsp3) is 0.619. The number of nitrogens with one attached hydrogen (secondary N) is 1. The molecule has 2 rings (SSSR count). The van der Waals surface area contributed by atoms with Gasteiger partial charge in [-0.25, -0.2) is 0 Å². The van der Waals surface area contributed by atoms with Gasteiger partial charge in [-0.2, -0.15) is 0 Å². The zero-order valence-corrected chi connectivity index (χ0v) is 17.3. The molecule has 2 amide bonds. The van der Waals surface area contributed by atoms with Crippen molar-refractivity contribution in [3.63, 3.8) is 0 Å². The van der Waals surface area contributed by atoms with Crippen LogP contribution in [0.5, 0.6) is 0 Å². The summed E-state index contributed by atoms with van der Waals surface area (Å²) in [7, 11) is 0. The van der Waals surface area contributed by atoms with Crippen LogP contribution in [0.25, 0.3) is 0 Å². The van der Waals surface area contributed by atoms with Crippen molar-refractivity contribution in [3.8, 4) is 0 Å². The number of benzene rings is 1. The van der Waals surface area contributed by atoms with Gasteiger partial charge in [-0.05, 0) is 49.9 Å². The van der Waals surface area contributed by atoms with Gasteiger partial charge in [0.1, 0.15) is 6.04 Å². The summed E-state index contributed by atoms with van der Waals surface area (Å²) in [5, 5.41) is 2.96. The molecule has 1 saturated heterocycles. The van der Waals surface area contributed by atoms with E-state index in [1.165, 1.54) is 0 Å². The molecule has 0 spiro atoms. The minimum Gasteiger partial charge on any atom is -0.330 e. The summed E-state index contributed by atoms with van der Waals surface area (Å²) < 4.78 is 0. The fourth-order valence-electron chi connectivity index (χ4n) is 2.91. The SMILES string of the molecule is CC.CC.Cc1cc(C)cc(NC(=O)[C@@H]2CCCN2C(=O)C(C)C)c1. The molecule has 1 aliphatic heterocycles. The predicted molar refractivity (Wildman–Crippen MR) is 107 cm³/mol. The average molecular weight is 349 g/mol. The molecule has 0 aliphatic carbocycles. The minimum atomic E-state index is -0.333. The molecule has 0 saturated carbocycles. The van der Waals surface area contributed by atoms with E-state index in [4.69, 9.17) is 0 Å². The van der Waals surface area contributed by atoms with Crippen LogP contribution in [0, 0.1) is 19.8 Å². The highest BCUT2D eigenvalue weighted by atomic mass is 16.2. The molecule has 1 heterocycles. The third-order valence-electron chi connectivity index (χ3n) is 3.82. The Hall–Kier alpha value is -1.84. The van der Waals surface area contributed by atoms with Crippen LogP contribution in [-0.4, -0.2) is 29.3 Å². The summed E-state index contributed by atoms with van der Waals surface area (Å²) in [6, 6.07) is 5.64. The number of amides is 2. The van der Waals surface area contributed by atoms with Crippen LogP contribution in [0.15, 0.2) is 18.2 Å². The molecule has 0 bridgehead atoms. The lowest BCUT2D eigenvalue weighted by Crippen LogP contribution is -2.44. The molecule has 25 heavy (non-hydrogen) atoms. The molecule has 1 aromatic carbocycles. The van der Waals surface area contributed by atoms with Gasteiger partial charge >= 0.3 is 0 Å². The largest absolute Gasteiger partial charge is 0.330 e. The zero-order chi connectivity index (χ0) is 19.6. The highest BCUT2D eigenvalue weighted by Crippen LogP contribution is 2.22. The Morgan fingerprint density at radius 2 is 1.56 bits per heavy atom. The monoisotopic (exact) mass is 348 g/mol. The second kappa shape index (κ2) is 11.7. The standard InChI is InChI=1S/C17H24N2O2.2C2H6/c1-11(2)17(21)19-7-5-6-15(19)16(20)18-14-9-12(3)8-13(4)10-14;2*1-2/h8-11,15H,5-7H2,1-4H3,(H,18,20);2*1-2H3/t15-;;/m0../s1. The Bertz CT molecular complexity index is 533. The molecule has 1 aromatic rings. The van der Waals surface area contributed by atoms with Crippen LogP contribution in [0.1, 0.15) is 65.5 Å². The lowest BCUT2D eigenvalue weighted by atomic mass is 10.1. The van der Waals surface area contributed by atoms with Crippen LogP contribution >= 0.6 is 0 Å². The van der Waals surface area contributed by atoms with Gasteiger partial charge in [0.2, 0.25) is 11.8 Å². The molecule has 142 valence electrons. The third-order valence-corrected chi connectivity index (χ3v) is 3.82. The first-order valence-electron chi connectivity index (χ1n) is 9.58. The molecule has 4 nitrogen and oxygen atoms in total. The summed E-state index contributed by atoms with van der Waals surface area (Å²) in [5.41, 5.74) is 3.04. The number of hydrogen-bond donors (Lipinski definition) is 1. The maximum atomic E-state index is 12.5. The van der Waals surface area contributed by atoms with E-state index in [-0.39, 0.29) is 23.8 Å². The van der Waals surface area contributed by atoms with Crippen molar-refractivity contribution in [2.45, 2.75) is 74.3 Å². The molecular formula is C21H36N2O2. The Labute approximate surface area is 154 Å². The van der Waals surface area contributed by atoms with E-state index in [9.17, 15) is 9.59 Å². The maximum absolute atomic E-state index is 12.5. The van der Waals surface area contributed by atoms with E-state index >= 15 is 0 Å². The van der Waals surface area contributed by atoms with E-state index in [0.29, 0.717) is 6.54 Å². The van der Waals surface area contributed by atoms with Crippen LogP contribution in [0.2, 0.25) is 0 Å². The average Bonchev–Trinajstić information content (AvgIpc) is 3.06. The van der Waals surface area contributed by atoms with Crippen molar-refractivity contribution >= 4 is 17.5 Å². The van der Waals surface area contributed by atoms with E-state index < -0.39 is 0 Å². The number of likely N-dealkylation sites (tertiary alicyclic amines) is 1. The number of nitrogens with zero attached hydrogens (tertiary/aromatic N) is 1. The number of rotatable bonds is 3. The summed E-state index contributed by atoms with van der Waals surface area (Å²) in [5.74, 6) is -0.0841. The molecule has 0 radical (unpaired) electrons. The number of aryl methyl sites for hydroxylation is 2. The van der Waals surface area contributed by atoms with Crippen molar-refractivity contribution in [1.82, 2.24) is 4.90 Å². The first kappa shape index (κ1) is 23.2. The fourth-order valence-corrected chi connectivity index (χ4v) is 2.91. The molecular weight excluding hydrogens is 312 g/mol. The highest BCUT2D eigenvalue weighted by molar-refractivity contribution is 5.97. The Morgan fingerprint density at radius 3 is 2.04 bits per heavy atom. The van der Waals surface area contributed by atoms with Crippen molar-refractivity contribution in [3.05, 3.63) is 29.3 Å². The van der Waals surface area contributed by atoms with Crippen LogP contribution in [0.4, 0.5) is 5.69 Å². The summed E-state index contributed by atoms with van der Waals surface area (Å²) >= 11 is 0. The summed E-state index contributed by atoms with van der Waals surface area (Å²) in [4.78, 5) is 26.4. The maximum Gasteiger partial charge on any atom is 0.247 e. The van der Waals surface area contributed by atoms with E-state index in [2.05, 4.69) is 11.4 Å². The quantitative estimate of drug-likeness (QED) is 0.841. The van der Waals surface area contributed by atoms with Gasteiger partial charge in [0.25, 0.3) is 0 Å². The molecule has 4 heteroatoms. The van der Waals surface area contributed by atoms with Crippen LogP contribution in [-0.2, 0) is 9.59 Å². The Kier molecular flexibility index (Phi) is 10.8. The number of hydrogen-bond acceptors (Lipinski definition) is 2. The van der Waals surface area contributed by atoms with Crippen molar-refractivity contribution in [1.29, 1.82) is 0 Å². The second-order valence-electron chi connectivity index (χ2n) is 6.21. The normalized spacial score (nSPS) is 15.7. The second-order valence-corrected chi connectivity index (χ2v) is 6.21. The lowest BCUT2D eigenvalue weighted by molar-refractivity contribution is -0.139. The molecule has 0 unspecified atom stereocenters. The van der Waals surface area contributed by atoms with E-state index in [1.807, 2.05) is 67.5 Å². The van der Waals surface area contributed by atoms with Gasteiger partial charge in [0.15, 0.2) is 0 Å². The minimum absolute atomic E-state index is 0.0630. The van der Waals surface area contributed by atoms with Crippen molar-refractivity contribution in [2.24, 2.45) is 5.92 Å². The highest BCUT2D eigenvalue weighted by Gasteiger charge is 2.34. The number of carbonyl (C=O) groups is 2. The molecule has 1 aliphatic rings. The van der Waals surface area contributed by atoms with Crippen molar-refractivity contribution in [2.75, 3.05) is 11.9 Å². The van der Waals surface area contributed by atoms with E-state index in [0.717, 1.165) is 29.7 Å². The van der Waals surface area contributed by atoms with Gasteiger partial charge < -0.3 is 10.2 Å². The molecule has 1 N–H and O–H groups in total. The van der Waals surface area contributed by atoms with Gasteiger partial charge in [0.05, 0.1) is 0 Å². The smallest absolute Gasteiger partial charge is 0.247 e. The van der Waals surface area contributed by atoms with Crippen molar-refractivity contribution < 1.29 is 9.59 Å². The lowest BCUT2D eigenvalue weighted by Gasteiger charge is -2.25. The van der Waals surface area contributed by atoms with Gasteiger partial charge in [-0.15, -0.1) is 0 Å². The molecule has 1 atom stereocenters. The number of carbonyl (C=O) groups excluding carboxylic acids is 2. The van der Waals surface area contributed by atoms with Gasteiger partial charge in [-0.1, -0.05) is 47.6 Å². The molecule has 0 aromatic heterocycles. The first-order chi connectivity index (χ1) is 11.9. The molecule has 1 fully saturated rings. The first-order valence-corrected chi connectivity index (χ1v) is 9.58. The Morgan fingerprint density at radius 1 is 1.04 bits per heavy atom. The summed E-state index contributed by atoms with van der Waals surface area (Å²) in [6.07, 6.45) is 1.64. The topological polar surface area (TPSA) is 49.4 Å². The van der Waals surface area contributed by atoms with Gasteiger partial charge in [-0.3, -0.25) is 9.59 Å². The third kappa shape index (κ3) is 6.89. The predicted octanol–water partition coefficient (Wildman–Crippen LogP) is 4.94. The van der Waals surface area contributed by atoms with Crippen LogP contribution in [0.3, 0.4) is 0 Å². The van der Waals surface area contributed by atoms with Crippen LogP contribution < -0.4 is 5.32 Å². The zero-order valence-electron chi connectivity index (χ0n) is 17.3. The Balaban J connectivity index is 0.00000134. The number of anilines is 1.